The molecule has 0 saturated carbocycles. The fourth-order valence-corrected chi connectivity index (χ4v) is 3.98. The van der Waals surface area contributed by atoms with Crippen molar-refractivity contribution in [2.45, 2.75) is 26.4 Å². The summed E-state index contributed by atoms with van der Waals surface area (Å²) in [6.07, 6.45) is 2.89. The first-order chi connectivity index (χ1) is 12.5. The van der Waals surface area contributed by atoms with Crippen LogP contribution in [0.4, 0.5) is 5.69 Å². The lowest BCUT2D eigenvalue weighted by atomic mass is 10.1. The van der Waals surface area contributed by atoms with E-state index in [0.29, 0.717) is 9.23 Å². The summed E-state index contributed by atoms with van der Waals surface area (Å²) in [6.45, 7) is 4.11. The van der Waals surface area contributed by atoms with Crippen molar-refractivity contribution in [3.8, 4) is 5.75 Å². The third-order valence-electron chi connectivity index (χ3n) is 3.99. The van der Waals surface area contributed by atoms with E-state index in [-0.39, 0.29) is 12.0 Å². The zero-order chi connectivity index (χ0) is 18.7. The van der Waals surface area contributed by atoms with Gasteiger partial charge in [-0.2, -0.15) is 0 Å². The van der Waals surface area contributed by atoms with Crippen LogP contribution in [0.3, 0.4) is 0 Å². The fourth-order valence-electron chi connectivity index (χ4n) is 2.43. The second-order valence-electron chi connectivity index (χ2n) is 5.87. The Morgan fingerprint density at radius 3 is 2.62 bits per heavy atom. The molecule has 3 nitrogen and oxygen atoms in total. The molecule has 2 aromatic rings. The minimum Gasteiger partial charge on any atom is -0.490 e. The fraction of sp³-hybridized carbons (Fsp3) is 0.200. The normalized spacial score (nSPS) is 17.0. The Hall–Kier alpha value is -1.63. The van der Waals surface area contributed by atoms with Crippen molar-refractivity contribution in [2.75, 3.05) is 4.90 Å². The van der Waals surface area contributed by atoms with Gasteiger partial charge in [0.25, 0.3) is 5.91 Å². The van der Waals surface area contributed by atoms with Gasteiger partial charge in [-0.1, -0.05) is 65.0 Å². The van der Waals surface area contributed by atoms with Gasteiger partial charge >= 0.3 is 0 Å². The Balaban J connectivity index is 1.90. The Morgan fingerprint density at radius 2 is 1.92 bits per heavy atom. The number of rotatable bonds is 5. The number of thiocarbonyl (C=S) groups is 1. The molecule has 0 radical (unpaired) electrons. The molecular formula is C20H18BrNO2S2. The molecule has 1 atom stereocenters. The molecule has 134 valence electrons. The van der Waals surface area contributed by atoms with Crippen molar-refractivity contribution in [1.29, 1.82) is 0 Å². The number of carbonyl (C=O) groups excluding carboxylic acids is 1. The monoisotopic (exact) mass is 447 g/mol. The van der Waals surface area contributed by atoms with Crippen LogP contribution in [0.2, 0.25) is 0 Å². The quantitative estimate of drug-likeness (QED) is 0.413. The summed E-state index contributed by atoms with van der Waals surface area (Å²) in [5, 5.41) is 0. The predicted molar refractivity (Wildman–Crippen MR) is 117 cm³/mol. The van der Waals surface area contributed by atoms with Crippen LogP contribution in [0.5, 0.6) is 5.75 Å². The number of benzene rings is 2. The number of amides is 1. The minimum absolute atomic E-state index is 0.110. The molecule has 26 heavy (non-hydrogen) atoms. The number of carbonyl (C=O) groups is 1. The minimum atomic E-state index is -0.110. The molecule has 1 fully saturated rings. The van der Waals surface area contributed by atoms with E-state index in [9.17, 15) is 4.79 Å². The zero-order valence-electron chi connectivity index (χ0n) is 14.4. The summed E-state index contributed by atoms with van der Waals surface area (Å²) >= 11 is 10.1. The van der Waals surface area contributed by atoms with Crippen molar-refractivity contribution >= 4 is 61.9 Å². The molecule has 1 saturated heterocycles. The summed E-state index contributed by atoms with van der Waals surface area (Å²) in [6, 6.07) is 15.3. The lowest BCUT2D eigenvalue weighted by Crippen LogP contribution is -2.27. The van der Waals surface area contributed by atoms with Gasteiger partial charge in [0.1, 0.15) is 5.75 Å². The Bertz CT molecular complexity index is 864. The third-order valence-corrected chi connectivity index (χ3v) is 5.82. The van der Waals surface area contributed by atoms with Gasteiger partial charge < -0.3 is 4.74 Å². The van der Waals surface area contributed by atoms with Gasteiger partial charge in [-0.05, 0) is 49.8 Å². The number of anilines is 1. The first-order valence-electron chi connectivity index (χ1n) is 8.28. The number of hydrogen-bond donors (Lipinski definition) is 0. The van der Waals surface area contributed by atoms with Crippen molar-refractivity contribution < 1.29 is 9.53 Å². The SMILES string of the molecule is CC[C@@H](C)Oc1ccccc1/C=C1/SC(=S)N(c2ccc(Br)cc2)C1=O. The van der Waals surface area contributed by atoms with Crippen LogP contribution in [0.15, 0.2) is 57.9 Å². The number of ether oxygens (including phenoxy) is 1. The van der Waals surface area contributed by atoms with Gasteiger partial charge in [0.05, 0.1) is 16.7 Å². The Morgan fingerprint density at radius 1 is 1.23 bits per heavy atom. The molecule has 3 rings (SSSR count). The van der Waals surface area contributed by atoms with Gasteiger partial charge in [-0.25, -0.2) is 0 Å². The average Bonchev–Trinajstić information content (AvgIpc) is 2.91. The molecule has 0 aliphatic carbocycles. The molecule has 0 N–H and O–H groups in total. The van der Waals surface area contributed by atoms with Gasteiger partial charge in [-0.15, -0.1) is 0 Å². The molecule has 1 aliphatic heterocycles. The summed E-state index contributed by atoms with van der Waals surface area (Å²) < 4.78 is 7.46. The molecular weight excluding hydrogens is 430 g/mol. The maximum absolute atomic E-state index is 12.9. The number of thioether (sulfide) groups is 1. The summed E-state index contributed by atoms with van der Waals surface area (Å²) in [7, 11) is 0. The number of halogens is 1. The smallest absolute Gasteiger partial charge is 0.270 e. The Labute approximate surface area is 171 Å². The third kappa shape index (κ3) is 4.19. The molecule has 0 bridgehead atoms. The molecule has 0 unspecified atom stereocenters. The molecule has 0 aromatic heterocycles. The second kappa shape index (κ2) is 8.37. The van der Waals surface area contributed by atoms with Crippen molar-refractivity contribution in [3.05, 3.63) is 63.5 Å². The standard InChI is InChI=1S/C20H18BrNO2S2/c1-3-13(2)24-17-7-5-4-6-14(17)12-18-19(23)22(20(25)26-18)16-10-8-15(21)9-11-16/h4-13H,3H2,1-2H3/b18-12+/t13-/m1/s1. The van der Waals surface area contributed by atoms with Crippen LogP contribution in [-0.4, -0.2) is 16.3 Å². The van der Waals surface area contributed by atoms with E-state index in [2.05, 4.69) is 22.9 Å². The van der Waals surface area contributed by atoms with E-state index < -0.39 is 0 Å². The first-order valence-corrected chi connectivity index (χ1v) is 10.3. The summed E-state index contributed by atoms with van der Waals surface area (Å²) in [5.41, 5.74) is 1.65. The van der Waals surface area contributed by atoms with Crippen LogP contribution >= 0.6 is 39.9 Å². The number of nitrogens with zero attached hydrogens (tertiary/aromatic N) is 1. The number of para-hydroxylation sites is 1. The highest BCUT2D eigenvalue weighted by Gasteiger charge is 2.33. The molecule has 0 spiro atoms. The highest BCUT2D eigenvalue weighted by molar-refractivity contribution is 9.10. The topological polar surface area (TPSA) is 29.5 Å². The maximum Gasteiger partial charge on any atom is 0.270 e. The molecule has 6 heteroatoms. The van der Waals surface area contributed by atoms with E-state index in [0.717, 1.165) is 27.9 Å². The summed E-state index contributed by atoms with van der Waals surface area (Å²) in [4.78, 5) is 15.1. The van der Waals surface area contributed by atoms with E-state index in [1.807, 2.05) is 61.5 Å². The van der Waals surface area contributed by atoms with E-state index >= 15 is 0 Å². The van der Waals surface area contributed by atoms with E-state index in [1.165, 1.54) is 11.8 Å². The maximum atomic E-state index is 12.9. The van der Waals surface area contributed by atoms with E-state index in [4.69, 9.17) is 17.0 Å². The second-order valence-corrected chi connectivity index (χ2v) is 8.46. The van der Waals surface area contributed by atoms with Crippen LogP contribution in [0.1, 0.15) is 25.8 Å². The van der Waals surface area contributed by atoms with Gasteiger partial charge in [0.2, 0.25) is 0 Å². The van der Waals surface area contributed by atoms with Crippen LogP contribution in [0, 0.1) is 0 Å². The van der Waals surface area contributed by atoms with Crippen molar-refractivity contribution in [2.24, 2.45) is 0 Å². The van der Waals surface area contributed by atoms with Crippen molar-refractivity contribution in [1.82, 2.24) is 0 Å². The van der Waals surface area contributed by atoms with Gasteiger partial charge in [0, 0.05) is 10.0 Å². The van der Waals surface area contributed by atoms with Crippen molar-refractivity contribution in [3.63, 3.8) is 0 Å². The lowest BCUT2D eigenvalue weighted by Gasteiger charge is -2.15. The molecule has 1 aliphatic rings. The van der Waals surface area contributed by atoms with Crippen LogP contribution < -0.4 is 9.64 Å². The first kappa shape index (κ1) is 19.1. The van der Waals surface area contributed by atoms with Crippen LogP contribution in [0.25, 0.3) is 6.08 Å². The molecule has 2 aromatic carbocycles. The van der Waals surface area contributed by atoms with Gasteiger partial charge in [0.15, 0.2) is 4.32 Å². The highest BCUT2D eigenvalue weighted by atomic mass is 79.9. The summed E-state index contributed by atoms with van der Waals surface area (Å²) in [5.74, 6) is 0.663. The van der Waals surface area contributed by atoms with Gasteiger partial charge in [-0.3, -0.25) is 9.69 Å². The molecule has 1 heterocycles. The predicted octanol–water partition coefficient (Wildman–Crippen LogP) is 6.03. The number of hydrogen-bond acceptors (Lipinski definition) is 4. The largest absolute Gasteiger partial charge is 0.490 e. The van der Waals surface area contributed by atoms with Crippen LogP contribution in [-0.2, 0) is 4.79 Å². The lowest BCUT2D eigenvalue weighted by molar-refractivity contribution is -0.113. The average molecular weight is 448 g/mol. The highest BCUT2D eigenvalue weighted by Crippen LogP contribution is 2.37. The zero-order valence-corrected chi connectivity index (χ0v) is 17.7. The van der Waals surface area contributed by atoms with E-state index in [1.54, 1.807) is 4.90 Å². The Kier molecular flexibility index (Phi) is 6.16. The molecule has 1 amide bonds.